The number of nitrogens with one attached hydrogen (secondary N) is 2. The van der Waals surface area contributed by atoms with Crippen LogP contribution in [0.1, 0.15) is 16.1 Å². The zero-order valence-corrected chi connectivity index (χ0v) is 14.9. The quantitative estimate of drug-likeness (QED) is 0.375. The number of nitro benzene ring substituents is 1. The average molecular weight is 369 g/mol. The fourth-order valence-corrected chi connectivity index (χ4v) is 2.78. The largest absolute Gasteiger partial charge is 0.497 e. The van der Waals surface area contributed by atoms with Crippen molar-refractivity contribution in [2.24, 2.45) is 0 Å². The van der Waals surface area contributed by atoms with Gasteiger partial charge in [0.2, 0.25) is 0 Å². The molecule has 0 radical (unpaired) electrons. The number of hydrogen-bond acceptors (Lipinski definition) is 6. The number of carbonyl (C=O) groups is 1. The van der Waals surface area contributed by atoms with Gasteiger partial charge in [-0.25, -0.2) is 0 Å². The molecular weight excluding hydrogens is 350 g/mol. The van der Waals surface area contributed by atoms with Gasteiger partial charge in [0.25, 0.3) is 11.6 Å². The number of fused-ring (bicyclic) bond motifs is 1. The molecule has 0 aliphatic rings. The Kier molecular flexibility index (Phi) is 5.25. The fraction of sp³-hybridized carbons (Fsp3) is 0.211. The maximum atomic E-state index is 12.4. The van der Waals surface area contributed by atoms with E-state index in [0.717, 1.165) is 10.9 Å². The lowest BCUT2D eigenvalue weighted by Crippen LogP contribution is -2.29. The Bertz CT molecular complexity index is 996. The Balaban J connectivity index is 1.63. The summed E-state index contributed by atoms with van der Waals surface area (Å²) in [5.74, 6) is 0.586. The maximum absolute atomic E-state index is 12.4. The summed E-state index contributed by atoms with van der Waals surface area (Å²) < 4.78 is 10.8. The van der Waals surface area contributed by atoms with Crippen LogP contribution in [-0.4, -0.2) is 31.0 Å². The first-order chi connectivity index (χ1) is 13.0. The number of carbonyl (C=O) groups excluding carboxylic acids is 1. The normalized spacial score (nSPS) is 10.6. The van der Waals surface area contributed by atoms with Gasteiger partial charge in [0.15, 0.2) is 5.76 Å². The first kappa shape index (κ1) is 18.2. The molecule has 8 heteroatoms. The second-order valence-corrected chi connectivity index (χ2v) is 5.88. The van der Waals surface area contributed by atoms with Crippen molar-refractivity contribution in [1.29, 1.82) is 0 Å². The molecule has 0 saturated heterocycles. The van der Waals surface area contributed by atoms with Crippen LogP contribution in [0.25, 0.3) is 11.0 Å². The summed E-state index contributed by atoms with van der Waals surface area (Å²) in [5.41, 5.74) is 1.74. The van der Waals surface area contributed by atoms with Gasteiger partial charge in [-0.3, -0.25) is 14.9 Å². The first-order valence-corrected chi connectivity index (χ1v) is 8.34. The number of nitro groups is 1. The summed E-state index contributed by atoms with van der Waals surface area (Å²) in [6, 6.07) is 11.7. The second kappa shape index (κ2) is 7.77. The molecule has 0 saturated carbocycles. The number of methoxy groups -OCH3 is 1. The molecule has 1 heterocycles. The van der Waals surface area contributed by atoms with E-state index in [2.05, 4.69) is 10.6 Å². The van der Waals surface area contributed by atoms with Crippen molar-refractivity contribution in [3.63, 3.8) is 0 Å². The molecule has 0 spiro atoms. The van der Waals surface area contributed by atoms with Crippen molar-refractivity contribution >= 4 is 28.3 Å². The van der Waals surface area contributed by atoms with E-state index in [9.17, 15) is 14.9 Å². The van der Waals surface area contributed by atoms with Crippen LogP contribution >= 0.6 is 0 Å². The highest BCUT2D eigenvalue weighted by atomic mass is 16.6. The van der Waals surface area contributed by atoms with E-state index < -0.39 is 4.92 Å². The highest BCUT2D eigenvalue weighted by Crippen LogP contribution is 2.28. The number of anilines is 1. The van der Waals surface area contributed by atoms with Crippen LogP contribution in [0.3, 0.4) is 0 Å². The number of amides is 1. The van der Waals surface area contributed by atoms with Crippen LogP contribution in [0, 0.1) is 17.0 Å². The Labute approximate surface area is 155 Å². The van der Waals surface area contributed by atoms with E-state index in [1.165, 1.54) is 6.07 Å². The van der Waals surface area contributed by atoms with Gasteiger partial charge in [-0.15, -0.1) is 0 Å². The summed E-state index contributed by atoms with van der Waals surface area (Å²) in [6.07, 6.45) is 0. The number of rotatable bonds is 7. The molecule has 2 N–H and O–H groups in total. The molecule has 0 unspecified atom stereocenters. The van der Waals surface area contributed by atoms with E-state index in [1.807, 2.05) is 13.0 Å². The predicted molar refractivity (Wildman–Crippen MR) is 101 cm³/mol. The van der Waals surface area contributed by atoms with Gasteiger partial charge in [-0.1, -0.05) is 12.1 Å². The van der Waals surface area contributed by atoms with Gasteiger partial charge in [0, 0.05) is 30.1 Å². The minimum Gasteiger partial charge on any atom is -0.497 e. The van der Waals surface area contributed by atoms with Crippen LogP contribution in [-0.2, 0) is 0 Å². The van der Waals surface area contributed by atoms with Crippen molar-refractivity contribution < 1.29 is 18.9 Å². The molecule has 140 valence electrons. The third-order valence-electron chi connectivity index (χ3n) is 4.18. The molecule has 3 aromatic rings. The van der Waals surface area contributed by atoms with E-state index in [0.29, 0.717) is 23.6 Å². The van der Waals surface area contributed by atoms with Gasteiger partial charge < -0.3 is 19.8 Å². The molecule has 0 bridgehead atoms. The minimum absolute atomic E-state index is 0.00842. The summed E-state index contributed by atoms with van der Waals surface area (Å²) in [7, 11) is 1.58. The number of benzene rings is 2. The van der Waals surface area contributed by atoms with Crippen LogP contribution in [0.5, 0.6) is 5.75 Å². The molecule has 2 aromatic carbocycles. The maximum Gasteiger partial charge on any atom is 0.292 e. The van der Waals surface area contributed by atoms with E-state index in [4.69, 9.17) is 9.15 Å². The molecule has 8 nitrogen and oxygen atoms in total. The van der Waals surface area contributed by atoms with Gasteiger partial charge in [0.05, 0.1) is 12.0 Å². The molecule has 3 rings (SSSR count). The topological polar surface area (TPSA) is 107 Å². The fourth-order valence-electron chi connectivity index (χ4n) is 2.78. The SMILES string of the molecule is COc1ccc2oc(C(=O)NCCNc3ccccc3[N+](=O)[O-])c(C)c2c1. The lowest BCUT2D eigenvalue weighted by molar-refractivity contribution is -0.384. The molecule has 27 heavy (non-hydrogen) atoms. The average Bonchev–Trinajstić information content (AvgIpc) is 3.01. The van der Waals surface area contributed by atoms with Crippen LogP contribution in [0.2, 0.25) is 0 Å². The zero-order chi connectivity index (χ0) is 19.4. The van der Waals surface area contributed by atoms with Crippen molar-refractivity contribution in [3.05, 3.63) is 63.9 Å². The molecule has 1 aromatic heterocycles. The van der Waals surface area contributed by atoms with E-state index in [-0.39, 0.29) is 23.9 Å². The monoisotopic (exact) mass is 369 g/mol. The van der Waals surface area contributed by atoms with Gasteiger partial charge >= 0.3 is 0 Å². The Morgan fingerprint density at radius 2 is 2.00 bits per heavy atom. The van der Waals surface area contributed by atoms with Crippen LogP contribution < -0.4 is 15.4 Å². The molecule has 0 atom stereocenters. The van der Waals surface area contributed by atoms with Gasteiger partial charge in [-0.05, 0) is 31.2 Å². The zero-order valence-electron chi connectivity index (χ0n) is 14.9. The van der Waals surface area contributed by atoms with Gasteiger partial charge in [-0.2, -0.15) is 0 Å². The number of para-hydroxylation sites is 2. The smallest absolute Gasteiger partial charge is 0.292 e. The Morgan fingerprint density at radius 1 is 1.22 bits per heavy atom. The Hall–Kier alpha value is -3.55. The standard InChI is InChI=1S/C19H19N3O5/c1-12-14-11-13(26-2)7-8-17(14)27-18(12)19(23)21-10-9-20-15-5-3-4-6-16(15)22(24)25/h3-8,11,20H,9-10H2,1-2H3,(H,21,23). The van der Waals surface area contributed by atoms with Crippen molar-refractivity contribution in [3.8, 4) is 5.75 Å². The minimum atomic E-state index is -0.451. The van der Waals surface area contributed by atoms with Crippen molar-refractivity contribution in [2.45, 2.75) is 6.92 Å². The summed E-state index contributed by atoms with van der Waals surface area (Å²) in [5, 5.41) is 17.5. The number of ether oxygens (including phenoxy) is 1. The predicted octanol–water partition coefficient (Wildman–Crippen LogP) is 3.50. The third-order valence-corrected chi connectivity index (χ3v) is 4.18. The second-order valence-electron chi connectivity index (χ2n) is 5.88. The summed E-state index contributed by atoms with van der Waals surface area (Å²) >= 11 is 0. The first-order valence-electron chi connectivity index (χ1n) is 8.34. The third kappa shape index (κ3) is 3.84. The molecule has 0 aliphatic heterocycles. The Morgan fingerprint density at radius 3 is 2.74 bits per heavy atom. The molecular formula is C19H19N3O5. The lowest BCUT2D eigenvalue weighted by Gasteiger charge is -2.07. The number of furan rings is 1. The molecule has 0 fully saturated rings. The molecule has 0 aliphatic carbocycles. The number of nitrogens with zero attached hydrogens (tertiary/aromatic N) is 1. The lowest BCUT2D eigenvalue weighted by atomic mass is 10.1. The van der Waals surface area contributed by atoms with E-state index >= 15 is 0 Å². The molecule has 1 amide bonds. The van der Waals surface area contributed by atoms with Crippen molar-refractivity contribution in [1.82, 2.24) is 5.32 Å². The van der Waals surface area contributed by atoms with Crippen LogP contribution in [0.4, 0.5) is 11.4 Å². The van der Waals surface area contributed by atoms with E-state index in [1.54, 1.807) is 37.4 Å². The summed E-state index contributed by atoms with van der Waals surface area (Å²) in [6.45, 7) is 2.43. The van der Waals surface area contributed by atoms with Crippen LogP contribution in [0.15, 0.2) is 46.9 Å². The van der Waals surface area contributed by atoms with Gasteiger partial charge in [0.1, 0.15) is 17.0 Å². The van der Waals surface area contributed by atoms with Crippen molar-refractivity contribution in [2.75, 3.05) is 25.5 Å². The highest BCUT2D eigenvalue weighted by Gasteiger charge is 2.18. The highest BCUT2D eigenvalue weighted by molar-refractivity contribution is 5.99. The number of hydrogen-bond donors (Lipinski definition) is 2. The number of aryl methyl sites for hydroxylation is 1. The summed E-state index contributed by atoms with van der Waals surface area (Å²) in [4.78, 5) is 22.9.